The van der Waals surface area contributed by atoms with E-state index in [1.165, 1.54) is 28.9 Å². The van der Waals surface area contributed by atoms with Crippen LogP contribution in [-0.4, -0.2) is 40.7 Å². The summed E-state index contributed by atoms with van der Waals surface area (Å²) < 4.78 is 24.5. The lowest BCUT2D eigenvalue weighted by Gasteiger charge is -2.08. The van der Waals surface area contributed by atoms with E-state index in [9.17, 15) is 18.3 Å². The summed E-state index contributed by atoms with van der Waals surface area (Å²) in [6, 6.07) is 12.5. The molecule has 0 atom stereocenters. The van der Waals surface area contributed by atoms with Crippen molar-refractivity contribution in [3.63, 3.8) is 0 Å². The van der Waals surface area contributed by atoms with Crippen LogP contribution in [0.15, 0.2) is 53.4 Å². The van der Waals surface area contributed by atoms with Gasteiger partial charge in [-0.15, -0.1) is 5.10 Å². The molecular weight excluding hydrogens is 366 g/mol. The van der Waals surface area contributed by atoms with Crippen molar-refractivity contribution >= 4 is 27.4 Å². The molecule has 3 rings (SSSR count). The van der Waals surface area contributed by atoms with Crippen LogP contribution in [0.3, 0.4) is 0 Å². The van der Waals surface area contributed by atoms with Gasteiger partial charge in [0.1, 0.15) is 5.69 Å². The van der Waals surface area contributed by atoms with Gasteiger partial charge in [0.2, 0.25) is 0 Å². The Morgan fingerprint density at radius 1 is 1.08 bits per heavy atom. The molecular formula is C16H12ClN3O4S. The lowest BCUT2D eigenvalue weighted by atomic mass is 10.1. The summed E-state index contributed by atoms with van der Waals surface area (Å²) in [5, 5.41) is 17.5. The van der Waals surface area contributed by atoms with Gasteiger partial charge in [0.15, 0.2) is 15.5 Å². The van der Waals surface area contributed by atoms with Crippen molar-refractivity contribution in [1.82, 2.24) is 15.0 Å². The molecule has 0 unspecified atom stereocenters. The summed E-state index contributed by atoms with van der Waals surface area (Å²) in [6.07, 6.45) is 1.11. The first-order valence-electron chi connectivity index (χ1n) is 7.03. The third-order valence-corrected chi connectivity index (χ3v) is 4.88. The normalized spacial score (nSPS) is 11.4. The number of rotatable bonds is 4. The zero-order chi connectivity index (χ0) is 18.2. The highest BCUT2D eigenvalue weighted by Gasteiger charge is 2.21. The minimum absolute atomic E-state index is 0.155. The summed E-state index contributed by atoms with van der Waals surface area (Å²) in [5.41, 5.74) is 1.11. The van der Waals surface area contributed by atoms with Gasteiger partial charge in [-0.1, -0.05) is 28.9 Å². The van der Waals surface area contributed by atoms with Crippen LogP contribution in [0, 0.1) is 0 Å². The number of carbonyl (C=O) groups is 1. The molecule has 9 heteroatoms. The fourth-order valence-corrected chi connectivity index (χ4v) is 3.06. The van der Waals surface area contributed by atoms with Gasteiger partial charge in [-0.2, -0.15) is 0 Å². The second kappa shape index (κ2) is 6.30. The molecule has 0 saturated carbocycles. The van der Waals surface area contributed by atoms with Gasteiger partial charge in [0.25, 0.3) is 0 Å². The summed E-state index contributed by atoms with van der Waals surface area (Å²) in [6.45, 7) is 0. The molecule has 1 aromatic heterocycles. The van der Waals surface area contributed by atoms with Gasteiger partial charge in [0.05, 0.1) is 10.6 Å². The average Bonchev–Trinajstić information content (AvgIpc) is 3.00. The number of hydrogen-bond acceptors (Lipinski definition) is 5. The van der Waals surface area contributed by atoms with Gasteiger partial charge in [-0.05, 0) is 36.4 Å². The Morgan fingerprint density at radius 2 is 1.68 bits per heavy atom. The third kappa shape index (κ3) is 3.40. The fourth-order valence-electron chi connectivity index (χ4n) is 2.31. The molecule has 0 aliphatic heterocycles. The predicted molar refractivity (Wildman–Crippen MR) is 91.9 cm³/mol. The summed E-state index contributed by atoms with van der Waals surface area (Å²) >= 11 is 5.88. The van der Waals surface area contributed by atoms with E-state index in [0.717, 1.165) is 6.26 Å². The van der Waals surface area contributed by atoms with Gasteiger partial charge in [-0.3, -0.25) is 0 Å². The van der Waals surface area contributed by atoms with Crippen molar-refractivity contribution in [2.24, 2.45) is 0 Å². The third-order valence-electron chi connectivity index (χ3n) is 3.50. The number of benzene rings is 2. The molecule has 7 nitrogen and oxygen atoms in total. The van der Waals surface area contributed by atoms with Gasteiger partial charge < -0.3 is 5.11 Å². The van der Waals surface area contributed by atoms with E-state index in [0.29, 0.717) is 16.3 Å². The largest absolute Gasteiger partial charge is 0.476 e. The zero-order valence-electron chi connectivity index (χ0n) is 12.9. The maximum Gasteiger partial charge on any atom is 0.358 e. The van der Waals surface area contributed by atoms with Crippen LogP contribution in [-0.2, 0) is 9.84 Å². The number of carboxylic acids is 1. The lowest BCUT2D eigenvalue weighted by Crippen LogP contribution is -2.04. The highest BCUT2D eigenvalue weighted by atomic mass is 35.5. The Balaban J connectivity index is 2.17. The number of sulfone groups is 1. The van der Waals surface area contributed by atoms with Crippen LogP contribution in [0.4, 0.5) is 0 Å². The molecule has 3 aromatic rings. The Kier molecular flexibility index (Phi) is 4.32. The molecule has 0 saturated heterocycles. The standard InChI is InChI=1S/C16H12ClN3O4S/c1-25(23,24)13-8-6-12(7-9-13)20-15(14(16(21)22)18-19-20)10-2-4-11(17)5-3-10/h2-9H,1H3,(H,21,22). The lowest BCUT2D eigenvalue weighted by molar-refractivity contribution is 0.0691. The zero-order valence-corrected chi connectivity index (χ0v) is 14.5. The molecule has 0 aliphatic carbocycles. The first-order chi connectivity index (χ1) is 11.8. The van der Waals surface area contributed by atoms with Crippen molar-refractivity contribution < 1.29 is 18.3 Å². The number of carboxylic acid groups (broad SMARTS) is 1. The summed E-state index contributed by atoms with van der Waals surface area (Å²) in [7, 11) is -3.33. The van der Waals surface area contributed by atoms with Crippen LogP contribution in [0.1, 0.15) is 10.5 Å². The van der Waals surface area contributed by atoms with Gasteiger partial charge in [-0.25, -0.2) is 17.9 Å². The van der Waals surface area contributed by atoms with E-state index in [-0.39, 0.29) is 16.3 Å². The second-order valence-corrected chi connectivity index (χ2v) is 7.73. The van der Waals surface area contributed by atoms with Gasteiger partial charge >= 0.3 is 5.97 Å². The van der Waals surface area contributed by atoms with Crippen molar-refractivity contribution in [2.45, 2.75) is 4.90 Å². The molecule has 25 heavy (non-hydrogen) atoms. The minimum Gasteiger partial charge on any atom is -0.476 e. The molecule has 0 bridgehead atoms. The SMILES string of the molecule is CS(=O)(=O)c1ccc(-n2nnc(C(=O)O)c2-c2ccc(Cl)cc2)cc1. The van der Waals surface area contributed by atoms with E-state index in [4.69, 9.17) is 11.6 Å². The summed E-state index contributed by atoms with van der Waals surface area (Å²) in [5.74, 6) is -1.22. The molecule has 0 aliphatic rings. The van der Waals surface area contributed by atoms with Crippen LogP contribution in [0.25, 0.3) is 16.9 Å². The van der Waals surface area contributed by atoms with Crippen molar-refractivity contribution in [3.05, 3.63) is 59.2 Å². The van der Waals surface area contributed by atoms with E-state index < -0.39 is 15.8 Å². The van der Waals surface area contributed by atoms with E-state index in [2.05, 4.69) is 10.3 Å². The fraction of sp³-hybridized carbons (Fsp3) is 0.0625. The topological polar surface area (TPSA) is 102 Å². The number of aromatic nitrogens is 3. The van der Waals surface area contributed by atoms with Crippen molar-refractivity contribution in [2.75, 3.05) is 6.26 Å². The Labute approximate surface area is 148 Å². The van der Waals surface area contributed by atoms with Crippen molar-refractivity contribution in [1.29, 1.82) is 0 Å². The Hall–Kier alpha value is -2.71. The smallest absolute Gasteiger partial charge is 0.358 e. The van der Waals surface area contributed by atoms with E-state index >= 15 is 0 Å². The molecule has 128 valence electrons. The Morgan fingerprint density at radius 3 is 2.20 bits per heavy atom. The predicted octanol–water partition coefficient (Wildman–Crippen LogP) is 2.69. The van der Waals surface area contributed by atoms with Crippen LogP contribution < -0.4 is 0 Å². The van der Waals surface area contributed by atoms with Crippen LogP contribution >= 0.6 is 11.6 Å². The molecule has 1 heterocycles. The molecule has 0 radical (unpaired) electrons. The van der Waals surface area contributed by atoms with E-state index in [1.807, 2.05) is 0 Å². The number of hydrogen-bond donors (Lipinski definition) is 1. The quantitative estimate of drug-likeness (QED) is 0.749. The Bertz CT molecular complexity index is 1040. The number of nitrogens with zero attached hydrogens (tertiary/aromatic N) is 3. The highest BCUT2D eigenvalue weighted by molar-refractivity contribution is 7.90. The molecule has 2 aromatic carbocycles. The van der Waals surface area contributed by atoms with Crippen LogP contribution in [0.5, 0.6) is 0 Å². The molecule has 0 spiro atoms. The first kappa shape index (κ1) is 17.1. The highest BCUT2D eigenvalue weighted by Crippen LogP contribution is 2.27. The maximum atomic E-state index is 11.6. The van der Waals surface area contributed by atoms with Crippen LogP contribution in [0.2, 0.25) is 5.02 Å². The molecule has 0 amide bonds. The van der Waals surface area contributed by atoms with Crippen molar-refractivity contribution in [3.8, 4) is 16.9 Å². The monoisotopic (exact) mass is 377 g/mol. The first-order valence-corrected chi connectivity index (χ1v) is 9.30. The maximum absolute atomic E-state index is 11.6. The molecule has 0 fully saturated rings. The average molecular weight is 378 g/mol. The number of halogens is 1. The van der Waals surface area contributed by atoms with E-state index in [1.54, 1.807) is 24.3 Å². The van der Waals surface area contributed by atoms with Gasteiger partial charge in [0, 0.05) is 16.8 Å². The minimum atomic E-state index is -3.33. The summed E-state index contributed by atoms with van der Waals surface area (Å²) in [4.78, 5) is 11.6. The second-order valence-electron chi connectivity index (χ2n) is 5.28. The number of aromatic carboxylic acids is 1. The molecule has 1 N–H and O–H groups in total.